The normalized spacial score (nSPS) is 12.8. The van der Waals surface area contributed by atoms with E-state index in [1.165, 1.54) is 12.1 Å². The molecule has 0 aromatic carbocycles. The van der Waals surface area contributed by atoms with Crippen LogP contribution in [0.15, 0.2) is 18.2 Å². The zero-order valence-electron chi connectivity index (χ0n) is 8.15. The Morgan fingerprint density at radius 1 is 1.47 bits per heavy atom. The molecule has 0 amide bonds. The van der Waals surface area contributed by atoms with Crippen molar-refractivity contribution >= 4 is 5.97 Å². The summed E-state index contributed by atoms with van der Waals surface area (Å²) < 4.78 is 24.6. The zero-order chi connectivity index (χ0) is 11.4. The van der Waals surface area contributed by atoms with E-state index in [9.17, 15) is 13.6 Å². The van der Waals surface area contributed by atoms with Crippen LogP contribution in [0.2, 0.25) is 0 Å². The smallest absolute Gasteiger partial charge is 0.304 e. The van der Waals surface area contributed by atoms with Crippen LogP contribution in [-0.4, -0.2) is 16.1 Å². The van der Waals surface area contributed by atoms with Crippen molar-refractivity contribution in [1.29, 1.82) is 0 Å². The summed E-state index contributed by atoms with van der Waals surface area (Å²) in [4.78, 5) is 14.1. The average Bonchev–Trinajstić information content (AvgIpc) is 2.17. The van der Waals surface area contributed by atoms with Gasteiger partial charge in [-0.2, -0.15) is 0 Å². The minimum atomic E-state index is -2.62. The molecule has 0 saturated heterocycles. The fourth-order valence-electron chi connectivity index (χ4n) is 1.23. The zero-order valence-corrected chi connectivity index (χ0v) is 8.15. The van der Waals surface area contributed by atoms with Gasteiger partial charge in [-0.15, -0.1) is 0 Å². The van der Waals surface area contributed by atoms with E-state index in [0.29, 0.717) is 5.69 Å². The Morgan fingerprint density at radius 3 is 2.60 bits per heavy atom. The highest BCUT2D eigenvalue weighted by atomic mass is 19.3. The maximum atomic E-state index is 12.3. The number of carboxylic acid groups (broad SMARTS) is 1. The molecule has 0 saturated carbocycles. The molecule has 3 nitrogen and oxygen atoms in total. The van der Waals surface area contributed by atoms with Crippen molar-refractivity contribution in [2.75, 3.05) is 0 Å². The second kappa shape index (κ2) is 4.82. The lowest BCUT2D eigenvalue weighted by atomic mass is 10.0. The van der Waals surface area contributed by atoms with E-state index in [4.69, 9.17) is 5.11 Å². The molecule has 1 aromatic rings. The van der Waals surface area contributed by atoms with Crippen LogP contribution in [0.4, 0.5) is 8.78 Å². The van der Waals surface area contributed by atoms with Crippen LogP contribution in [0.5, 0.6) is 0 Å². The fourth-order valence-corrected chi connectivity index (χ4v) is 1.23. The Morgan fingerprint density at radius 2 is 2.07 bits per heavy atom. The van der Waals surface area contributed by atoms with Crippen molar-refractivity contribution in [2.45, 2.75) is 25.7 Å². The van der Waals surface area contributed by atoms with Crippen molar-refractivity contribution in [2.24, 2.45) is 0 Å². The molecule has 1 atom stereocenters. The van der Waals surface area contributed by atoms with E-state index in [0.717, 1.165) is 0 Å². The van der Waals surface area contributed by atoms with Gasteiger partial charge in [0.05, 0.1) is 6.42 Å². The molecule has 15 heavy (non-hydrogen) atoms. The van der Waals surface area contributed by atoms with Gasteiger partial charge in [0.15, 0.2) is 0 Å². The second-order valence-corrected chi connectivity index (χ2v) is 3.29. The molecule has 1 rings (SSSR count). The summed E-state index contributed by atoms with van der Waals surface area (Å²) in [6.07, 6.45) is -2.73. The number of pyridine rings is 1. The highest BCUT2D eigenvalue weighted by molar-refractivity contribution is 5.67. The highest BCUT2D eigenvalue weighted by Gasteiger charge is 2.14. The second-order valence-electron chi connectivity index (χ2n) is 3.29. The van der Waals surface area contributed by atoms with Crippen molar-refractivity contribution in [3.63, 3.8) is 0 Å². The monoisotopic (exact) mass is 215 g/mol. The third-order valence-corrected chi connectivity index (χ3v) is 2.00. The number of aromatic nitrogens is 1. The van der Waals surface area contributed by atoms with Gasteiger partial charge in [0, 0.05) is 11.6 Å². The van der Waals surface area contributed by atoms with Crippen molar-refractivity contribution in [1.82, 2.24) is 4.98 Å². The number of aliphatic carboxylic acids is 1. The van der Waals surface area contributed by atoms with Crippen LogP contribution in [0, 0.1) is 0 Å². The van der Waals surface area contributed by atoms with Crippen LogP contribution in [-0.2, 0) is 4.79 Å². The Hall–Kier alpha value is -1.52. The maximum Gasteiger partial charge on any atom is 0.304 e. The first-order valence-electron chi connectivity index (χ1n) is 4.47. The van der Waals surface area contributed by atoms with Crippen LogP contribution < -0.4 is 0 Å². The van der Waals surface area contributed by atoms with Gasteiger partial charge in [-0.3, -0.25) is 9.78 Å². The van der Waals surface area contributed by atoms with E-state index in [-0.39, 0.29) is 18.0 Å². The third kappa shape index (κ3) is 3.27. The molecule has 1 aromatic heterocycles. The number of alkyl halides is 2. The minimum Gasteiger partial charge on any atom is -0.481 e. The third-order valence-electron chi connectivity index (χ3n) is 2.00. The van der Waals surface area contributed by atoms with Gasteiger partial charge < -0.3 is 5.11 Å². The fraction of sp³-hybridized carbons (Fsp3) is 0.400. The lowest BCUT2D eigenvalue weighted by molar-refractivity contribution is -0.137. The molecule has 5 heteroatoms. The molecule has 1 heterocycles. The standard InChI is InChI=1S/C10H11F2NO2/c1-6(5-9(14)15)7-3-2-4-8(13-7)10(11)12/h2-4,6,10H,5H2,1H3,(H,14,15). The number of carbonyl (C=O) groups is 1. The highest BCUT2D eigenvalue weighted by Crippen LogP contribution is 2.21. The van der Waals surface area contributed by atoms with Gasteiger partial charge in [-0.25, -0.2) is 8.78 Å². The summed E-state index contributed by atoms with van der Waals surface area (Å²) in [7, 11) is 0. The van der Waals surface area contributed by atoms with Gasteiger partial charge in [-0.1, -0.05) is 13.0 Å². The number of carboxylic acids is 1. The van der Waals surface area contributed by atoms with E-state index in [1.54, 1.807) is 13.0 Å². The Kier molecular flexibility index (Phi) is 3.71. The molecule has 0 radical (unpaired) electrons. The van der Waals surface area contributed by atoms with E-state index in [1.807, 2.05) is 0 Å². The largest absolute Gasteiger partial charge is 0.481 e. The first-order chi connectivity index (χ1) is 7.00. The summed E-state index contributed by atoms with van der Waals surface area (Å²) >= 11 is 0. The molecule has 0 aliphatic heterocycles. The summed E-state index contributed by atoms with van der Waals surface area (Å²) in [5.74, 6) is -1.33. The number of hydrogen-bond donors (Lipinski definition) is 1. The van der Waals surface area contributed by atoms with Crippen LogP contribution in [0.1, 0.15) is 37.1 Å². The molecular weight excluding hydrogens is 204 g/mol. The average molecular weight is 215 g/mol. The van der Waals surface area contributed by atoms with Crippen LogP contribution >= 0.6 is 0 Å². The molecule has 0 bridgehead atoms. The molecule has 1 N–H and O–H groups in total. The Labute approximate surface area is 85.8 Å². The molecule has 0 fully saturated rings. The predicted octanol–water partition coefficient (Wildman–Crippen LogP) is 2.60. The maximum absolute atomic E-state index is 12.3. The summed E-state index contributed by atoms with van der Waals surface area (Å²) in [6.45, 7) is 1.64. The van der Waals surface area contributed by atoms with E-state index < -0.39 is 12.4 Å². The minimum absolute atomic E-state index is 0.111. The summed E-state index contributed by atoms with van der Waals surface area (Å²) in [5.41, 5.74) is 0.0694. The summed E-state index contributed by atoms with van der Waals surface area (Å²) in [5, 5.41) is 8.55. The lowest BCUT2D eigenvalue weighted by Crippen LogP contribution is -2.05. The Bertz CT molecular complexity index is 355. The number of rotatable bonds is 4. The molecule has 82 valence electrons. The van der Waals surface area contributed by atoms with Crippen LogP contribution in [0.3, 0.4) is 0 Å². The molecule has 1 unspecified atom stereocenters. The number of nitrogens with zero attached hydrogens (tertiary/aromatic N) is 1. The van der Waals surface area contributed by atoms with E-state index >= 15 is 0 Å². The van der Waals surface area contributed by atoms with Gasteiger partial charge in [0.2, 0.25) is 0 Å². The SMILES string of the molecule is CC(CC(=O)O)c1cccc(C(F)F)n1. The van der Waals surface area contributed by atoms with Gasteiger partial charge in [0.25, 0.3) is 6.43 Å². The van der Waals surface area contributed by atoms with Crippen LogP contribution in [0.25, 0.3) is 0 Å². The van der Waals surface area contributed by atoms with Crippen molar-refractivity contribution in [3.8, 4) is 0 Å². The molecular formula is C10H11F2NO2. The van der Waals surface area contributed by atoms with E-state index in [2.05, 4.69) is 4.98 Å². The van der Waals surface area contributed by atoms with Crippen molar-refractivity contribution in [3.05, 3.63) is 29.6 Å². The van der Waals surface area contributed by atoms with Gasteiger partial charge >= 0.3 is 5.97 Å². The van der Waals surface area contributed by atoms with Gasteiger partial charge in [0.1, 0.15) is 5.69 Å². The van der Waals surface area contributed by atoms with Gasteiger partial charge in [-0.05, 0) is 12.1 Å². The first-order valence-corrected chi connectivity index (χ1v) is 4.47. The molecule has 0 spiro atoms. The molecule has 0 aliphatic rings. The molecule has 0 aliphatic carbocycles. The number of halogens is 2. The number of hydrogen-bond acceptors (Lipinski definition) is 2. The predicted molar refractivity (Wildman–Crippen MR) is 49.9 cm³/mol. The Balaban J connectivity index is 2.85. The quantitative estimate of drug-likeness (QED) is 0.839. The first kappa shape index (κ1) is 11.6. The lowest BCUT2D eigenvalue weighted by Gasteiger charge is -2.09. The van der Waals surface area contributed by atoms with Crippen molar-refractivity contribution < 1.29 is 18.7 Å². The topological polar surface area (TPSA) is 50.2 Å². The summed E-state index contributed by atoms with van der Waals surface area (Å²) in [6, 6.07) is 4.24.